The molecular formula is C9H14N4O2. The molecule has 2 heterocycles. The van der Waals surface area contributed by atoms with Gasteiger partial charge < -0.3 is 15.2 Å². The molecule has 6 nitrogen and oxygen atoms in total. The third-order valence-corrected chi connectivity index (χ3v) is 2.45. The molecule has 0 aromatic carbocycles. The third kappa shape index (κ3) is 2.76. The Balaban J connectivity index is 1.76. The van der Waals surface area contributed by atoms with Crippen molar-refractivity contribution < 1.29 is 9.32 Å². The van der Waals surface area contributed by atoms with E-state index in [-0.39, 0.29) is 11.9 Å². The lowest BCUT2D eigenvalue weighted by atomic mass is 10.0. The van der Waals surface area contributed by atoms with Gasteiger partial charge in [0.15, 0.2) is 5.82 Å². The summed E-state index contributed by atoms with van der Waals surface area (Å²) in [6.07, 6.45) is 4.40. The van der Waals surface area contributed by atoms with E-state index in [9.17, 15) is 4.79 Å². The molecule has 1 amide bonds. The number of amides is 1. The monoisotopic (exact) mass is 210 g/mol. The lowest BCUT2D eigenvalue weighted by molar-refractivity contribution is -0.123. The Morgan fingerprint density at radius 1 is 1.67 bits per heavy atom. The van der Waals surface area contributed by atoms with Crippen molar-refractivity contribution >= 4 is 5.91 Å². The lowest BCUT2D eigenvalue weighted by Gasteiger charge is -2.22. The predicted octanol–water partition coefficient (Wildman–Crippen LogP) is -0.172. The zero-order valence-electron chi connectivity index (χ0n) is 8.40. The standard InChI is InChI=1S/C9H14N4O2/c14-9(7-3-1-2-4-10-7)11-5-8-12-6-15-13-8/h6-7,10H,1-5H2,(H,11,14)/t7-/m1/s1. The number of rotatable bonds is 3. The fraction of sp³-hybridized carbons (Fsp3) is 0.667. The maximum Gasteiger partial charge on any atom is 0.237 e. The fourth-order valence-electron chi connectivity index (χ4n) is 1.64. The van der Waals surface area contributed by atoms with Crippen LogP contribution in [0.5, 0.6) is 0 Å². The van der Waals surface area contributed by atoms with Gasteiger partial charge in [-0.25, -0.2) is 0 Å². The molecule has 82 valence electrons. The van der Waals surface area contributed by atoms with Crippen LogP contribution < -0.4 is 10.6 Å². The van der Waals surface area contributed by atoms with Crippen LogP contribution in [0.15, 0.2) is 10.9 Å². The largest absolute Gasteiger partial charge is 0.347 e. The number of nitrogens with one attached hydrogen (secondary N) is 2. The normalized spacial score (nSPS) is 21.2. The van der Waals surface area contributed by atoms with E-state index in [4.69, 9.17) is 0 Å². The molecule has 2 rings (SSSR count). The summed E-state index contributed by atoms with van der Waals surface area (Å²) in [5.74, 6) is 0.513. The van der Waals surface area contributed by atoms with Crippen LogP contribution in [0.2, 0.25) is 0 Å². The second-order valence-corrected chi connectivity index (χ2v) is 3.57. The predicted molar refractivity (Wildman–Crippen MR) is 51.8 cm³/mol. The van der Waals surface area contributed by atoms with Crippen LogP contribution >= 0.6 is 0 Å². The number of nitrogens with zero attached hydrogens (tertiary/aromatic N) is 2. The van der Waals surface area contributed by atoms with Crippen molar-refractivity contribution in [2.75, 3.05) is 6.54 Å². The highest BCUT2D eigenvalue weighted by Crippen LogP contribution is 2.06. The van der Waals surface area contributed by atoms with E-state index < -0.39 is 0 Å². The van der Waals surface area contributed by atoms with Gasteiger partial charge in [0, 0.05) is 0 Å². The lowest BCUT2D eigenvalue weighted by Crippen LogP contribution is -2.46. The molecule has 2 N–H and O–H groups in total. The van der Waals surface area contributed by atoms with Crippen LogP contribution in [0.25, 0.3) is 0 Å². The molecule has 1 fully saturated rings. The number of aromatic nitrogens is 2. The molecular weight excluding hydrogens is 196 g/mol. The summed E-state index contributed by atoms with van der Waals surface area (Å²) in [5, 5.41) is 9.55. The minimum atomic E-state index is -0.0642. The topological polar surface area (TPSA) is 80.1 Å². The summed E-state index contributed by atoms with van der Waals surface area (Å²) in [6, 6.07) is -0.0642. The van der Waals surface area contributed by atoms with E-state index >= 15 is 0 Å². The summed E-state index contributed by atoms with van der Waals surface area (Å²) >= 11 is 0. The first-order valence-corrected chi connectivity index (χ1v) is 5.12. The number of piperidine rings is 1. The first-order valence-electron chi connectivity index (χ1n) is 5.12. The summed E-state index contributed by atoms with van der Waals surface area (Å²) in [5.41, 5.74) is 0. The van der Waals surface area contributed by atoms with Gasteiger partial charge in [-0.3, -0.25) is 4.79 Å². The van der Waals surface area contributed by atoms with Crippen LogP contribution in [0.1, 0.15) is 25.1 Å². The van der Waals surface area contributed by atoms with Crippen molar-refractivity contribution in [1.29, 1.82) is 0 Å². The average Bonchev–Trinajstić information content (AvgIpc) is 2.80. The molecule has 1 aromatic rings. The zero-order chi connectivity index (χ0) is 10.5. The van der Waals surface area contributed by atoms with Crippen LogP contribution in [-0.2, 0) is 11.3 Å². The van der Waals surface area contributed by atoms with E-state index in [0.717, 1.165) is 25.8 Å². The van der Waals surface area contributed by atoms with Gasteiger partial charge >= 0.3 is 0 Å². The van der Waals surface area contributed by atoms with Crippen molar-refractivity contribution in [1.82, 2.24) is 20.8 Å². The maximum atomic E-state index is 11.6. The molecule has 0 spiro atoms. The molecule has 0 saturated carbocycles. The molecule has 0 radical (unpaired) electrons. The summed E-state index contributed by atoms with van der Waals surface area (Å²) < 4.78 is 4.56. The summed E-state index contributed by atoms with van der Waals surface area (Å²) in [7, 11) is 0. The van der Waals surface area contributed by atoms with Crippen molar-refractivity contribution in [2.45, 2.75) is 31.8 Å². The van der Waals surface area contributed by atoms with E-state index in [1.54, 1.807) is 0 Å². The van der Waals surface area contributed by atoms with Crippen LogP contribution in [0.3, 0.4) is 0 Å². The highest BCUT2D eigenvalue weighted by atomic mass is 16.5. The van der Waals surface area contributed by atoms with Gasteiger partial charge in [0.1, 0.15) is 0 Å². The SMILES string of the molecule is O=C(NCc1ncon1)[C@H]1CCCCN1. The second-order valence-electron chi connectivity index (χ2n) is 3.57. The first-order chi connectivity index (χ1) is 7.36. The van der Waals surface area contributed by atoms with Gasteiger partial charge in [0.25, 0.3) is 0 Å². The Hall–Kier alpha value is -1.43. The molecule has 0 bridgehead atoms. The summed E-state index contributed by atoms with van der Waals surface area (Å²) in [4.78, 5) is 15.5. The summed E-state index contributed by atoms with van der Waals surface area (Å²) in [6.45, 7) is 1.24. The Morgan fingerprint density at radius 3 is 3.27 bits per heavy atom. The number of carbonyl (C=O) groups is 1. The minimum Gasteiger partial charge on any atom is -0.347 e. The van der Waals surface area contributed by atoms with E-state index in [0.29, 0.717) is 12.4 Å². The quantitative estimate of drug-likeness (QED) is 0.724. The van der Waals surface area contributed by atoms with Gasteiger partial charge in [-0.2, -0.15) is 4.98 Å². The van der Waals surface area contributed by atoms with Gasteiger partial charge in [0.05, 0.1) is 12.6 Å². The Kier molecular flexibility index (Phi) is 3.29. The molecule has 15 heavy (non-hydrogen) atoms. The van der Waals surface area contributed by atoms with Crippen molar-refractivity contribution in [3.05, 3.63) is 12.2 Å². The molecule has 0 aliphatic carbocycles. The fourth-order valence-corrected chi connectivity index (χ4v) is 1.64. The maximum absolute atomic E-state index is 11.6. The van der Waals surface area contributed by atoms with Gasteiger partial charge in [-0.1, -0.05) is 11.6 Å². The molecule has 1 aliphatic heterocycles. The molecule has 1 saturated heterocycles. The minimum absolute atomic E-state index is 0.0134. The van der Waals surface area contributed by atoms with E-state index in [2.05, 4.69) is 25.3 Å². The molecule has 1 aromatic heterocycles. The van der Waals surface area contributed by atoms with E-state index in [1.165, 1.54) is 6.39 Å². The van der Waals surface area contributed by atoms with Crippen molar-refractivity contribution in [2.24, 2.45) is 0 Å². The highest BCUT2D eigenvalue weighted by Gasteiger charge is 2.20. The molecule has 1 atom stereocenters. The second kappa shape index (κ2) is 4.88. The Labute approximate surface area is 87.4 Å². The highest BCUT2D eigenvalue weighted by molar-refractivity contribution is 5.81. The van der Waals surface area contributed by atoms with Gasteiger partial charge in [-0.15, -0.1) is 0 Å². The van der Waals surface area contributed by atoms with E-state index in [1.807, 2.05) is 0 Å². The van der Waals surface area contributed by atoms with Crippen LogP contribution in [0.4, 0.5) is 0 Å². The zero-order valence-corrected chi connectivity index (χ0v) is 8.40. The van der Waals surface area contributed by atoms with Gasteiger partial charge in [0.2, 0.25) is 12.3 Å². The molecule has 6 heteroatoms. The Morgan fingerprint density at radius 2 is 2.60 bits per heavy atom. The average molecular weight is 210 g/mol. The Bertz CT molecular complexity index is 306. The van der Waals surface area contributed by atoms with Crippen LogP contribution in [-0.4, -0.2) is 28.6 Å². The smallest absolute Gasteiger partial charge is 0.237 e. The first kappa shape index (κ1) is 10.1. The number of carbonyl (C=O) groups excluding carboxylic acids is 1. The van der Waals surface area contributed by atoms with Crippen molar-refractivity contribution in [3.63, 3.8) is 0 Å². The van der Waals surface area contributed by atoms with Crippen molar-refractivity contribution in [3.8, 4) is 0 Å². The number of hydrogen-bond acceptors (Lipinski definition) is 5. The van der Waals surface area contributed by atoms with Crippen LogP contribution in [0, 0.1) is 0 Å². The molecule has 0 unspecified atom stereocenters. The van der Waals surface area contributed by atoms with Gasteiger partial charge in [-0.05, 0) is 19.4 Å². The third-order valence-electron chi connectivity index (χ3n) is 2.45. The molecule has 1 aliphatic rings. The number of hydrogen-bond donors (Lipinski definition) is 2.